The van der Waals surface area contributed by atoms with E-state index in [1.165, 1.54) is 0 Å². The summed E-state index contributed by atoms with van der Waals surface area (Å²) < 4.78 is 0. The summed E-state index contributed by atoms with van der Waals surface area (Å²) in [6, 6.07) is 0. The summed E-state index contributed by atoms with van der Waals surface area (Å²) in [5, 5.41) is 6.39. The predicted molar refractivity (Wildman–Crippen MR) is 58.1 cm³/mol. The Morgan fingerprint density at radius 2 is 2.21 bits per heavy atom. The lowest BCUT2D eigenvalue weighted by molar-refractivity contribution is -0.123. The second kappa shape index (κ2) is 5.15. The first-order chi connectivity index (χ1) is 6.66. The lowest BCUT2D eigenvalue weighted by Crippen LogP contribution is -2.52. The average Bonchev–Trinajstić information content (AvgIpc) is 2.15. The molecule has 0 unspecified atom stereocenters. The highest BCUT2D eigenvalue weighted by molar-refractivity contribution is 5.76. The van der Waals surface area contributed by atoms with Crippen LogP contribution in [0.3, 0.4) is 0 Å². The second-order valence-corrected chi connectivity index (χ2v) is 4.19. The van der Waals surface area contributed by atoms with Gasteiger partial charge in [0.1, 0.15) is 0 Å². The lowest BCUT2D eigenvalue weighted by Gasteiger charge is -2.35. The Balaban J connectivity index is 2.33. The summed E-state index contributed by atoms with van der Waals surface area (Å²) in [6.45, 7) is 7.73. The molecule has 1 rings (SSSR count). The first-order valence-corrected chi connectivity index (χ1v) is 5.29. The maximum atomic E-state index is 11.5. The van der Waals surface area contributed by atoms with Gasteiger partial charge in [0.05, 0.1) is 0 Å². The van der Waals surface area contributed by atoms with Gasteiger partial charge in [0.25, 0.3) is 0 Å². The fourth-order valence-electron chi connectivity index (χ4n) is 1.74. The van der Waals surface area contributed by atoms with Gasteiger partial charge in [0.15, 0.2) is 0 Å². The molecule has 1 amide bonds. The van der Waals surface area contributed by atoms with Gasteiger partial charge in [0, 0.05) is 12.0 Å². The van der Waals surface area contributed by atoms with E-state index in [0.29, 0.717) is 6.42 Å². The van der Waals surface area contributed by atoms with Crippen molar-refractivity contribution in [2.75, 3.05) is 13.1 Å². The maximum absolute atomic E-state index is 11.5. The number of hydrogen-bond donors (Lipinski definition) is 2. The Labute approximate surface area is 86.0 Å². The SMILES string of the molecule is C=CCCC(=O)NC1(C)CCNCC1. The van der Waals surface area contributed by atoms with Crippen molar-refractivity contribution in [3.63, 3.8) is 0 Å². The van der Waals surface area contributed by atoms with E-state index in [2.05, 4.69) is 24.1 Å². The molecule has 0 aromatic carbocycles. The van der Waals surface area contributed by atoms with Crippen molar-refractivity contribution in [2.24, 2.45) is 0 Å². The number of amides is 1. The summed E-state index contributed by atoms with van der Waals surface area (Å²) in [5.74, 6) is 0.148. The molecule has 1 fully saturated rings. The van der Waals surface area contributed by atoms with E-state index in [1.807, 2.05) is 0 Å². The monoisotopic (exact) mass is 196 g/mol. The van der Waals surface area contributed by atoms with Crippen molar-refractivity contribution in [1.29, 1.82) is 0 Å². The highest BCUT2D eigenvalue weighted by atomic mass is 16.1. The normalized spacial score (nSPS) is 20.1. The fraction of sp³-hybridized carbons (Fsp3) is 0.727. The summed E-state index contributed by atoms with van der Waals surface area (Å²) >= 11 is 0. The van der Waals surface area contributed by atoms with E-state index < -0.39 is 0 Å². The largest absolute Gasteiger partial charge is 0.351 e. The molecule has 0 aromatic rings. The Morgan fingerprint density at radius 3 is 2.79 bits per heavy atom. The number of nitrogens with one attached hydrogen (secondary N) is 2. The van der Waals surface area contributed by atoms with Gasteiger partial charge in [-0.05, 0) is 39.3 Å². The van der Waals surface area contributed by atoms with Crippen LogP contribution >= 0.6 is 0 Å². The van der Waals surface area contributed by atoms with E-state index in [1.54, 1.807) is 6.08 Å². The number of carbonyl (C=O) groups is 1. The maximum Gasteiger partial charge on any atom is 0.220 e. The van der Waals surface area contributed by atoms with Crippen molar-refractivity contribution in [1.82, 2.24) is 10.6 Å². The minimum Gasteiger partial charge on any atom is -0.351 e. The molecule has 80 valence electrons. The van der Waals surface area contributed by atoms with Crippen LogP contribution in [0.4, 0.5) is 0 Å². The molecule has 2 N–H and O–H groups in total. The van der Waals surface area contributed by atoms with Crippen molar-refractivity contribution in [2.45, 2.75) is 38.1 Å². The highest BCUT2D eigenvalue weighted by Gasteiger charge is 2.27. The van der Waals surface area contributed by atoms with Gasteiger partial charge >= 0.3 is 0 Å². The average molecular weight is 196 g/mol. The van der Waals surface area contributed by atoms with Crippen LogP contribution in [0, 0.1) is 0 Å². The molecule has 1 heterocycles. The van der Waals surface area contributed by atoms with Crippen LogP contribution in [0.2, 0.25) is 0 Å². The van der Waals surface area contributed by atoms with Crippen LogP contribution in [0.25, 0.3) is 0 Å². The van der Waals surface area contributed by atoms with E-state index in [9.17, 15) is 4.79 Å². The second-order valence-electron chi connectivity index (χ2n) is 4.19. The number of rotatable bonds is 4. The highest BCUT2D eigenvalue weighted by Crippen LogP contribution is 2.17. The van der Waals surface area contributed by atoms with Crippen LogP contribution in [0.1, 0.15) is 32.6 Å². The molecule has 0 spiro atoms. The molecule has 0 radical (unpaired) electrons. The van der Waals surface area contributed by atoms with Gasteiger partial charge in [-0.25, -0.2) is 0 Å². The van der Waals surface area contributed by atoms with Crippen molar-refractivity contribution < 1.29 is 4.79 Å². The molecule has 0 aliphatic carbocycles. The van der Waals surface area contributed by atoms with E-state index in [0.717, 1.165) is 32.4 Å². The topological polar surface area (TPSA) is 41.1 Å². The zero-order chi connectivity index (χ0) is 10.4. The van der Waals surface area contributed by atoms with Crippen molar-refractivity contribution in [3.05, 3.63) is 12.7 Å². The minimum atomic E-state index is 0.00348. The smallest absolute Gasteiger partial charge is 0.220 e. The van der Waals surface area contributed by atoms with E-state index in [4.69, 9.17) is 0 Å². The van der Waals surface area contributed by atoms with Crippen LogP contribution in [0.5, 0.6) is 0 Å². The molecule has 1 saturated heterocycles. The van der Waals surface area contributed by atoms with Gasteiger partial charge in [-0.1, -0.05) is 6.08 Å². The summed E-state index contributed by atoms with van der Waals surface area (Å²) in [6.07, 6.45) is 5.15. The lowest BCUT2D eigenvalue weighted by atomic mass is 9.90. The summed E-state index contributed by atoms with van der Waals surface area (Å²) in [4.78, 5) is 11.5. The Morgan fingerprint density at radius 1 is 1.57 bits per heavy atom. The zero-order valence-electron chi connectivity index (χ0n) is 8.94. The first-order valence-electron chi connectivity index (χ1n) is 5.29. The van der Waals surface area contributed by atoms with Gasteiger partial charge in [0.2, 0.25) is 5.91 Å². The summed E-state index contributed by atoms with van der Waals surface area (Å²) in [7, 11) is 0. The van der Waals surface area contributed by atoms with E-state index >= 15 is 0 Å². The fourth-order valence-corrected chi connectivity index (χ4v) is 1.74. The molecule has 3 nitrogen and oxygen atoms in total. The van der Waals surface area contributed by atoms with Crippen LogP contribution < -0.4 is 10.6 Å². The summed E-state index contributed by atoms with van der Waals surface area (Å²) in [5.41, 5.74) is 0.00348. The molecule has 0 saturated carbocycles. The molecule has 0 atom stereocenters. The third kappa shape index (κ3) is 3.50. The van der Waals surface area contributed by atoms with Crippen molar-refractivity contribution >= 4 is 5.91 Å². The van der Waals surface area contributed by atoms with E-state index in [-0.39, 0.29) is 11.4 Å². The molecule has 0 aromatic heterocycles. The van der Waals surface area contributed by atoms with Gasteiger partial charge in [-0.2, -0.15) is 0 Å². The van der Waals surface area contributed by atoms with Crippen LogP contribution in [-0.4, -0.2) is 24.5 Å². The quantitative estimate of drug-likeness (QED) is 0.664. The van der Waals surface area contributed by atoms with Crippen molar-refractivity contribution in [3.8, 4) is 0 Å². The molecule has 14 heavy (non-hydrogen) atoms. The molecular formula is C11H20N2O. The molecule has 3 heteroatoms. The number of carbonyl (C=O) groups excluding carboxylic acids is 1. The predicted octanol–water partition coefficient (Wildman–Crippen LogP) is 1.21. The number of piperidine rings is 1. The number of allylic oxidation sites excluding steroid dienone is 1. The van der Waals surface area contributed by atoms with Crippen LogP contribution in [-0.2, 0) is 4.79 Å². The first kappa shape index (κ1) is 11.2. The standard InChI is InChI=1S/C11H20N2O/c1-3-4-5-10(14)13-11(2)6-8-12-9-7-11/h3,12H,1,4-9H2,2H3,(H,13,14). The Bertz CT molecular complexity index is 207. The molecular weight excluding hydrogens is 176 g/mol. The third-order valence-electron chi connectivity index (χ3n) is 2.72. The van der Waals surface area contributed by atoms with Gasteiger partial charge in [-0.3, -0.25) is 4.79 Å². The molecule has 1 aliphatic heterocycles. The molecule has 0 bridgehead atoms. The molecule has 1 aliphatic rings. The Kier molecular flexibility index (Phi) is 4.14. The number of hydrogen-bond acceptors (Lipinski definition) is 2. The zero-order valence-corrected chi connectivity index (χ0v) is 8.94. The minimum absolute atomic E-state index is 0.00348. The van der Waals surface area contributed by atoms with Crippen LogP contribution in [0.15, 0.2) is 12.7 Å². The Hall–Kier alpha value is -0.830. The van der Waals surface area contributed by atoms with Gasteiger partial charge in [-0.15, -0.1) is 6.58 Å². The third-order valence-corrected chi connectivity index (χ3v) is 2.72. The van der Waals surface area contributed by atoms with Gasteiger partial charge < -0.3 is 10.6 Å².